The minimum absolute atomic E-state index is 0.123. The maximum Gasteiger partial charge on any atom is 0.130 e. The van der Waals surface area contributed by atoms with E-state index in [0.717, 1.165) is 188 Å². The lowest BCUT2D eigenvalue weighted by Gasteiger charge is -2.26. The van der Waals surface area contributed by atoms with Crippen LogP contribution in [0.4, 0.5) is 0 Å². The smallest absolute Gasteiger partial charge is 0.130 e. The number of nitrogens with zero attached hydrogens (tertiary/aromatic N) is 2. The van der Waals surface area contributed by atoms with E-state index in [9.17, 15) is 0 Å². The average molecular weight is 1180 g/mol. The molecule has 7 heteroatoms. The lowest BCUT2D eigenvalue weighted by molar-refractivity contribution is 0.299. The summed E-state index contributed by atoms with van der Waals surface area (Å²) in [5, 5.41) is 10.9. The molecule has 0 atom stereocenters. The molecule has 0 saturated carbocycles. The van der Waals surface area contributed by atoms with Crippen LogP contribution in [0.25, 0.3) is 132 Å². The van der Waals surface area contributed by atoms with Crippen LogP contribution < -0.4 is 14.2 Å². The monoisotopic (exact) mass is 1180 g/mol. The van der Waals surface area contributed by atoms with Gasteiger partial charge in [0.25, 0.3) is 0 Å². The first-order chi connectivity index (χ1) is 42.5. The molecule has 89 heavy (non-hydrogen) atoms. The first kappa shape index (κ1) is 59.5. The molecule has 8 bridgehead atoms. The van der Waals surface area contributed by atoms with Gasteiger partial charge in [0, 0.05) is 82.5 Å². The Labute approximate surface area is 526 Å². The van der Waals surface area contributed by atoms with Gasteiger partial charge >= 0.3 is 0 Å². The second-order valence-electron chi connectivity index (χ2n) is 29.3. The van der Waals surface area contributed by atoms with Gasteiger partial charge in [-0.15, -0.1) is 0 Å². The van der Waals surface area contributed by atoms with E-state index in [1.165, 1.54) is 22.3 Å². The molecule has 0 radical (unpaired) electrons. The minimum Gasteiger partial charge on any atom is -0.493 e. The van der Waals surface area contributed by atoms with Crippen molar-refractivity contribution in [2.45, 2.75) is 164 Å². The summed E-state index contributed by atoms with van der Waals surface area (Å²) in [4.78, 5) is 20.2. The Hall–Kier alpha value is -8.42. The molecule has 454 valence electrons. The number of hydrogen-bond donors (Lipinski definition) is 2. The normalized spacial score (nSPS) is 13.0. The highest BCUT2D eigenvalue weighted by atomic mass is 16.5. The summed E-state index contributed by atoms with van der Waals surface area (Å²) in [5.74, 6) is 2.54. The van der Waals surface area contributed by atoms with Crippen LogP contribution in [0.5, 0.6) is 17.2 Å². The van der Waals surface area contributed by atoms with Crippen molar-refractivity contribution in [3.63, 3.8) is 0 Å². The highest BCUT2D eigenvalue weighted by Gasteiger charge is 2.29. The van der Waals surface area contributed by atoms with Crippen LogP contribution in [0.3, 0.4) is 0 Å². The van der Waals surface area contributed by atoms with Crippen molar-refractivity contribution in [1.82, 2.24) is 19.9 Å². The van der Waals surface area contributed by atoms with Gasteiger partial charge in [-0.2, -0.15) is 0 Å². The number of ether oxygens (including phenoxy) is 3. The lowest BCUT2D eigenvalue weighted by atomic mass is 9.79. The fourth-order valence-corrected chi connectivity index (χ4v) is 13.3. The number of unbranched alkanes of at least 4 members (excludes halogenated alkanes) is 3. The Balaban J connectivity index is 1.29. The van der Waals surface area contributed by atoms with Gasteiger partial charge in [-0.25, -0.2) is 9.97 Å². The minimum atomic E-state index is -0.141. The van der Waals surface area contributed by atoms with E-state index in [-0.39, 0.29) is 21.7 Å². The fourth-order valence-electron chi connectivity index (χ4n) is 13.3. The molecule has 0 unspecified atom stereocenters. The third kappa shape index (κ3) is 10.8. The highest BCUT2D eigenvalue weighted by Crippen LogP contribution is 2.53. The van der Waals surface area contributed by atoms with Gasteiger partial charge < -0.3 is 24.2 Å². The maximum absolute atomic E-state index is 7.08. The standard InChI is InChI=1S/C82H88N4O3/c1-16-19-35-87-68-46-60-75-57(44-59-70(89-37-21-18-3)47-69(88-36-20-17-2)55-27-28-56(68)77(75)74(55)59)58-45-67-73(50-40-53(81(10,11)12)43-54(41-50)82(13,14)15)65-32-30-62(84-65)71(48-25-23-22-24-26-48)61-29-31-63(83-61)72(64-33-34-66(85-64)76(60)78(58)86-67)49-38-51(79(4,5)6)42-52(39-49)80(7,8)9/h22-34,38-47,84-85H,16-21,35-37H2,1-15H3. The first-order valence-electron chi connectivity index (χ1n) is 32.8. The van der Waals surface area contributed by atoms with Crippen molar-refractivity contribution in [3.05, 3.63) is 161 Å². The summed E-state index contributed by atoms with van der Waals surface area (Å²) in [7, 11) is 0. The van der Waals surface area contributed by atoms with E-state index in [4.69, 9.17) is 24.2 Å². The molecule has 0 saturated heterocycles. The van der Waals surface area contributed by atoms with Crippen LogP contribution in [-0.2, 0) is 21.7 Å². The molecule has 5 heterocycles. The largest absolute Gasteiger partial charge is 0.493 e. The summed E-state index contributed by atoms with van der Waals surface area (Å²) >= 11 is 0. The summed E-state index contributed by atoms with van der Waals surface area (Å²) in [6.07, 6.45) is 10.3. The van der Waals surface area contributed by atoms with Crippen molar-refractivity contribution in [3.8, 4) is 50.6 Å². The van der Waals surface area contributed by atoms with Gasteiger partial charge in [-0.1, -0.05) is 190 Å². The molecule has 0 spiro atoms. The molecular formula is C82H88N4O3. The molecule has 13 rings (SSSR count). The van der Waals surface area contributed by atoms with E-state index >= 15 is 0 Å². The Morgan fingerprint density at radius 3 is 1.30 bits per heavy atom. The van der Waals surface area contributed by atoms with Gasteiger partial charge in [0.05, 0.1) is 42.2 Å². The summed E-state index contributed by atoms with van der Waals surface area (Å²) < 4.78 is 20.9. The molecule has 0 amide bonds. The van der Waals surface area contributed by atoms with E-state index in [1.807, 2.05) is 0 Å². The Morgan fingerprint density at radius 1 is 0.348 bits per heavy atom. The van der Waals surface area contributed by atoms with Gasteiger partial charge in [-0.05, 0) is 163 Å². The quantitative estimate of drug-likeness (QED) is 0.0607. The van der Waals surface area contributed by atoms with Crippen molar-refractivity contribution < 1.29 is 14.2 Å². The number of H-pyrrole nitrogens is 2. The predicted molar refractivity (Wildman–Crippen MR) is 381 cm³/mol. The second-order valence-corrected chi connectivity index (χ2v) is 29.3. The van der Waals surface area contributed by atoms with E-state index in [2.05, 4.69) is 253 Å². The SMILES string of the molecule is CCCCOc1cc(OCCCC)c2cc3c4cc5nc4c(c4ccc([nH]4)c(-c4cc(C(C)(C)C)cc(C(C)(C)C)c4)c4nc(c(-c6ccccc6)c6ccc([nH]6)c5-c5cc(C(C)(C)C)cc(C(C)(C)C)c5)C=C4)c4cc(OCCCC)c5ccc1c2c5c34. The molecule has 1 aliphatic rings. The van der Waals surface area contributed by atoms with Gasteiger partial charge in [0.1, 0.15) is 17.2 Å². The number of hydrogen-bond acceptors (Lipinski definition) is 5. The number of aromatic nitrogens is 4. The second kappa shape index (κ2) is 22.6. The van der Waals surface area contributed by atoms with Crippen LogP contribution in [0.1, 0.15) is 176 Å². The van der Waals surface area contributed by atoms with E-state index in [0.29, 0.717) is 19.8 Å². The average Bonchev–Trinajstić information content (AvgIpc) is 1.68. The van der Waals surface area contributed by atoms with Crippen LogP contribution in [0.2, 0.25) is 0 Å². The number of nitrogens with one attached hydrogen (secondary N) is 2. The van der Waals surface area contributed by atoms with Gasteiger partial charge in [-0.3, -0.25) is 0 Å². The summed E-state index contributed by atoms with van der Waals surface area (Å²) in [6.45, 7) is 36.3. The zero-order chi connectivity index (χ0) is 62.5. The van der Waals surface area contributed by atoms with Crippen molar-refractivity contribution in [1.29, 1.82) is 0 Å². The number of fused-ring (bicyclic) bond motifs is 10. The van der Waals surface area contributed by atoms with Crippen LogP contribution in [-0.4, -0.2) is 39.8 Å². The summed E-state index contributed by atoms with van der Waals surface area (Å²) in [6, 6.07) is 48.1. The Bertz CT molecular complexity index is 4790. The van der Waals surface area contributed by atoms with Crippen molar-refractivity contribution in [2.75, 3.05) is 19.8 Å². The molecule has 0 aliphatic carbocycles. The molecule has 0 fully saturated rings. The topological polar surface area (TPSA) is 85.0 Å². The zero-order valence-electron chi connectivity index (χ0n) is 55.3. The highest BCUT2D eigenvalue weighted by molar-refractivity contribution is 6.41. The number of rotatable bonds is 15. The van der Waals surface area contributed by atoms with Crippen LogP contribution in [0.15, 0.2) is 127 Å². The maximum atomic E-state index is 7.08. The van der Waals surface area contributed by atoms with Crippen molar-refractivity contribution in [2.24, 2.45) is 0 Å². The van der Waals surface area contributed by atoms with E-state index in [1.54, 1.807) is 0 Å². The predicted octanol–water partition coefficient (Wildman–Crippen LogP) is 23.1. The Kier molecular flexibility index (Phi) is 15.1. The van der Waals surface area contributed by atoms with Gasteiger partial charge in [0.15, 0.2) is 0 Å². The molecule has 12 aromatic rings. The zero-order valence-corrected chi connectivity index (χ0v) is 55.3. The molecule has 7 nitrogen and oxygen atoms in total. The summed E-state index contributed by atoms with van der Waals surface area (Å²) in [5.41, 5.74) is 18.4. The lowest BCUT2D eigenvalue weighted by Crippen LogP contribution is -2.16. The molecular weight excluding hydrogens is 1090 g/mol. The van der Waals surface area contributed by atoms with E-state index < -0.39 is 0 Å². The molecule has 8 aromatic carbocycles. The van der Waals surface area contributed by atoms with Crippen LogP contribution >= 0.6 is 0 Å². The first-order valence-corrected chi connectivity index (χ1v) is 32.8. The van der Waals surface area contributed by atoms with Crippen LogP contribution in [0, 0.1) is 0 Å². The Morgan fingerprint density at radius 2 is 0.787 bits per heavy atom. The van der Waals surface area contributed by atoms with Gasteiger partial charge in [0.2, 0.25) is 0 Å². The number of benzene rings is 8. The fraction of sp³-hybridized carbons (Fsp3) is 0.341. The van der Waals surface area contributed by atoms with Crippen molar-refractivity contribution >= 4 is 99.1 Å². The molecule has 2 N–H and O–H groups in total. The third-order valence-electron chi connectivity index (χ3n) is 18.5. The molecule has 4 aromatic heterocycles. The molecule has 1 aliphatic heterocycles. The third-order valence-corrected chi connectivity index (χ3v) is 18.5. The number of aromatic amines is 2.